The van der Waals surface area contributed by atoms with E-state index in [9.17, 15) is 4.79 Å². The molecule has 1 aromatic carbocycles. The Kier molecular flexibility index (Phi) is 7.41. The molecule has 0 aromatic heterocycles. The topological polar surface area (TPSA) is 35.6 Å². The standard InChI is InChI=1S/C20H33N3O/c1-4-12-23(13-5-2)20(24)16-21-18-6-8-19(9-7-18)22-14-10-17(3)11-15-22/h6-9,17,21H,4-5,10-16H2,1-3H3. The fourth-order valence-electron chi connectivity index (χ4n) is 3.25. The Bertz CT molecular complexity index is 486. The van der Waals surface area contributed by atoms with Crippen molar-refractivity contribution < 1.29 is 4.79 Å². The fourth-order valence-corrected chi connectivity index (χ4v) is 3.25. The molecule has 0 radical (unpaired) electrons. The van der Waals surface area contributed by atoms with Crippen LogP contribution in [0, 0.1) is 5.92 Å². The molecule has 1 aliphatic heterocycles. The van der Waals surface area contributed by atoms with Gasteiger partial charge < -0.3 is 15.1 Å². The van der Waals surface area contributed by atoms with Crippen molar-refractivity contribution in [3.63, 3.8) is 0 Å². The van der Waals surface area contributed by atoms with Crippen molar-refractivity contribution in [1.82, 2.24) is 4.90 Å². The van der Waals surface area contributed by atoms with Crippen LogP contribution in [0.5, 0.6) is 0 Å². The van der Waals surface area contributed by atoms with Gasteiger partial charge in [-0.05, 0) is 55.9 Å². The van der Waals surface area contributed by atoms with E-state index in [1.807, 2.05) is 4.90 Å². The van der Waals surface area contributed by atoms with E-state index in [-0.39, 0.29) is 5.91 Å². The van der Waals surface area contributed by atoms with Crippen molar-refractivity contribution in [3.05, 3.63) is 24.3 Å². The van der Waals surface area contributed by atoms with Crippen LogP contribution >= 0.6 is 0 Å². The minimum Gasteiger partial charge on any atom is -0.376 e. The van der Waals surface area contributed by atoms with Crippen LogP contribution in [0.3, 0.4) is 0 Å². The summed E-state index contributed by atoms with van der Waals surface area (Å²) in [5.74, 6) is 1.04. The Morgan fingerprint density at radius 3 is 2.25 bits per heavy atom. The zero-order valence-electron chi connectivity index (χ0n) is 15.6. The molecule has 24 heavy (non-hydrogen) atoms. The largest absolute Gasteiger partial charge is 0.376 e. The van der Waals surface area contributed by atoms with Gasteiger partial charge in [0.05, 0.1) is 6.54 Å². The smallest absolute Gasteiger partial charge is 0.241 e. The highest BCUT2D eigenvalue weighted by Crippen LogP contribution is 2.24. The Balaban J connectivity index is 1.84. The van der Waals surface area contributed by atoms with Crippen LogP contribution in [0.15, 0.2) is 24.3 Å². The highest BCUT2D eigenvalue weighted by Gasteiger charge is 2.16. The van der Waals surface area contributed by atoms with Crippen molar-refractivity contribution in [2.75, 3.05) is 42.9 Å². The summed E-state index contributed by atoms with van der Waals surface area (Å²) in [7, 11) is 0. The van der Waals surface area contributed by atoms with E-state index in [0.29, 0.717) is 6.54 Å². The SMILES string of the molecule is CCCN(CCC)C(=O)CNc1ccc(N2CCC(C)CC2)cc1. The van der Waals surface area contributed by atoms with Crippen molar-refractivity contribution in [3.8, 4) is 0 Å². The van der Waals surface area contributed by atoms with Gasteiger partial charge in [0.1, 0.15) is 0 Å². The summed E-state index contributed by atoms with van der Waals surface area (Å²) < 4.78 is 0. The Morgan fingerprint density at radius 2 is 1.71 bits per heavy atom. The van der Waals surface area contributed by atoms with Gasteiger partial charge in [0.15, 0.2) is 0 Å². The molecule has 0 atom stereocenters. The summed E-state index contributed by atoms with van der Waals surface area (Å²) in [4.78, 5) is 16.7. The number of hydrogen-bond donors (Lipinski definition) is 1. The number of nitrogens with zero attached hydrogens (tertiary/aromatic N) is 2. The van der Waals surface area contributed by atoms with Crippen LogP contribution < -0.4 is 10.2 Å². The molecule has 1 aliphatic rings. The lowest BCUT2D eigenvalue weighted by atomic mass is 9.99. The van der Waals surface area contributed by atoms with E-state index in [1.165, 1.54) is 18.5 Å². The van der Waals surface area contributed by atoms with Crippen LogP contribution in [0.25, 0.3) is 0 Å². The number of anilines is 2. The predicted octanol–water partition coefficient (Wildman–Crippen LogP) is 3.98. The van der Waals surface area contributed by atoms with E-state index in [4.69, 9.17) is 0 Å². The van der Waals surface area contributed by atoms with Crippen LogP contribution in [0.4, 0.5) is 11.4 Å². The third-order valence-corrected chi connectivity index (χ3v) is 4.80. The Hall–Kier alpha value is -1.71. The fraction of sp³-hybridized carbons (Fsp3) is 0.650. The second kappa shape index (κ2) is 9.55. The molecule has 2 rings (SSSR count). The van der Waals surface area contributed by atoms with Gasteiger partial charge in [-0.1, -0.05) is 20.8 Å². The highest BCUT2D eigenvalue weighted by atomic mass is 16.2. The lowest BCUT2D eigenvalue weighted by Crippen LogP contribution is -2.36. The average molecular weight is 332 g/mol. The van der Waals surface area contributed by atoms with E-state index in [2.05, 4.69) is 55.3 Å². The normalized spacial score (nSPS) is 15.4. The summed E-state index contributed by atoms with van der Waals surface area (Å²) >= 11 is 0. The van der Waals surface area contributed by atoms with E-state index in [0.717, 1.165) is 50.6 Å². The summed E-state index contributed by atoms with van der Waals surface area (Å²) in [5.41, 5.74) is 2.31. The van der Waals surface area contributed by atoms with Crippen LogP contribution in [0.1, 0.15) is 46.5 Å². The number of nitrogens with one attached hydrogen (secondary N) is 1. The lowest BCUT2D eigenvalue weighted by molar-refractivity contribution is -0.129. The minimum absolute atomic E-state index is 0.188. The number of carbonyl (C=O) groups excluding carboxylic acids is 1. The van der Waals surface area contributed by atoms with Crippen LogP contribution in [-0.2, 0) is 4.79 Å². The predicted molar refractivity (Wildman–Crippen MR) is 103 cm³/mol. The molecule has 4 heteroatoms. The number of amides is 1. The molecule has 4 nitrogen and oxygen atoms in total. The summed E-state index contributed by atoms with van der Waals surface area (Å²) in [6.07, 6.45) is 4.57. The van der Waals surface area contributed by atoms with Gasteiger partial charge in [-0.2, -0.15) is 0 Å². The monoisotopic (exact) mass is 331 g/mol. The molecule has 1 fully saturated rings. The summed E-state index contributed by atoms with van der Waals surface area (Å²) in [5, 5.41) is 3.27. The minimum atomic E-state index is 0.188. The number of rotatable bonds is 8. The molecule has 0 unspecified atom stereocenters. The van der Waals surface area contributed by atoms with Crippen LogP contribution in [-0.4, -0.2) is 43.5 Å². The van der Waals surface area contributed by atoms with Gasteiger partial charge in [0.25, 0.3) is 0 Å². The lowest BCUT2D eigenvalue weighted by Gasteiger charge is -2.32. The molecule has 1 amide bonds. The maximum atomic E-state index is 12.3. The molecule has 1 N–H and O–H groups in total. The second-order valence-corrected chi connectivity index (χ2v) is 6.95. The van der Waals surface area contributed by atoms with Crippen molar-refractivity contribution in [2.45, 2.75) is 46.5 Å². The van der Waals surface area contributed by atoms with Gasteiger partial charge in [-0.15, -0.1) is 0 Å². The molecule has 134 valence electrons. The Labute approximate surface area is 147 Å². The highest BCUT2D eigenvalue weighted by molar-refractivity contribution is 5.81. The number of benzene rings is 1. The van der Waals surface area contributed by atoms with Crippen molar-refractivity contribution in [1.29, 1.82) is 0 Å². The second-order valence-electron chi connectivity index (χ2n) is 6.95. The molecule has 1 aromatic rings. The zero-order valence-corrected chi connectivity index (χ0v) is 15.6. The average Bonchev–Trinajstić information content (AvgIpc) is 2.61. The van der Waals surface area contributed by atoms with Gasteiger partial charge in [-0.25, -0.2) is 0 Å². The number of hydrogen-bond acceptors (Lipinski definition) is 3. The third-order valence-electron chi connectivity index (χ3n) is 4.80. The molecule has 0 bridgehead atoms. The third kappa shape index (κ3) is 5.43. The molecular formula is C20H33N3O. The quantitative estimate of drug-likeness (QED) is 0.782. The molecule has 0 saturated carbocycles. The first kappa shape index (κ1) is 18.6. The molecule has 1 saturated heterocycles. The van der Waals surface area contributed by atoms with Crippen molar-refractivity contribution >= 4 is 17.3 Å². The van der Waals surface area contributed by atoms with Crippen molar-refractivity contribution in [2.24, 2.45) is 5.92 Å². The molecular weight excluding hydrogens is 298 g/mol. The first-order chi connectivity index (χ1) is 11.6. The number of piperidine rings is 1. The summed E-state index contributed by atoms with van der Waals surface area (Å²) in [6.45, 7) is 10.9. The zero-order chi connectivity index (χ0) is 17.4. The maximum Gasteiger partial charge on any atom is 0.241 e. The van der Waals surface area contributed by atoms with E-state index in [1.54, 1.807) is 0 Å². The van der Waals surface area contributed by atoms with Crippen LogP contribution in [0.2, 0.25) is 0 Å². The van der Waals surface area contributed by atoms with Gasteiger partial charge >= 0.3 is 0 Å². The first-order valence-electron chi connectivity index (χ1n) is 9.50. The van der Waals surface area contributed by atoms with Gasteiger partial charge in [0.2, 0.25) is 5.91 Å². The number of carbonyl (C=O) groups is 1. The van der Waals surface area contributed by atoms with E-state index >= 15 is 0 Å². The Morgan fingerprint density at radius 1 is 1.12 bits per heavy atom. The maximum absolute atomic E-state index is 12.3. The molecule has 0 aliphatic carbocycles. The first-order valence-corrected chi connectivity index (χ1v) is 9.50. The van der Waals surface area contributed by atoms with Gasteiger partial charge in [-0.3, -0.25) is 4.79 Å². The molecule has 0 spiro atoms. The van der Waals surface area contributed by atoms with E-state index < -0.39 is 0 Å². The van der Waals surface area contributed by atoms with Gasteiger partial charge in [0, 0.05) is 37.6 Å². The molecule has 1 heterocycles. The summed E-state index contributed by atoms with van der Waals surface area (Å²) in [6, 6.07) is 8.51.